The summed E-state index contributed by atoms with van der Waals surface area (Å²) in [4.78, 5) is 39.2. The minimum atomic E-state index is -0.340. The van der Waals surface area contributed by atoms with Gasteiger partial charge >= 0.3 is 6.09 Å². The van der Waals surface area contributed by atoms with Gasteiger partial charge in [0.25, 0.3) is 5.91 Å². The first kappa shape index (κ1) is 18.8. The van der Waals surface area contributed by atoms with Crippen LogP contribution in [-0.2, 0) is 9.53 Å². The Hall–Kier alpha value is -2.51. The van der Waals surface area contributed by atoms with E-state index in [9.17, 15) is 14.4 Å². The van der Waals surface area contributed by atoms with Crippen LogP contribution in [0.2, 0.25) is 0 Å². The van der Waals surface area contributed by atoms with E-state index in [0.717, 1.165) is 0 Å². The summed E-state index contributed by atoms with van der Waals surface area (Å²) in [5.74, 6) is 0.966. The molecule has 0 spiro atoms. The normalized spacial score (nSPS) is 14.4. The summed E-state index contributed by atoms with van der Waals surface area (Å²) in [6, 6.07) is 1.68. The number of rotatable bonds is 5. The van der Waals surface area contributed by atoms with Crippen molar-refractivity contribution in [2.24, 2.45) is 0 Å². The van der Waals surface area contributed by atoms with Gasteiger partial charge in [0.2, 0.25) is 5.91 Å². The molecule has 1 aromatic heterocycles. The van der Waals surface area contributed by atoms with E-state index in [-0.39, 0.29) is 30.9 Å². The molecule has 0 bridgehead atoms. The Morgan fingerprint density at radius 2 is 1.80 bits per heavy atom. The highest BCUT2D eigenvalue weighted by molar-refractivity contribution is 5.95. The molecule has 1 aliphatic heterocycles. The summed E-state index contributed by atoms with van der Waals surface area (Å²) in [5.41, 5.74) is 0.494. The van der Waals surface area contributed by atoms with Gasteiger partial charge in [-0.3, -0.25) is 9.59 Å². The molecule has 1 aromatic rings. The molecule has 0 aliphatic carbocycles. The number of hydrogen-bond donors (Lipinski definition) is 1. The molecule has 1 aliphatic rings. The molecule has 138 valence electrons. The van der Waals surface area contributed by atoms with Crippen molar-refractivity contribution in [1.29, 1.82) is 0 Å². The van der Waals surface area contributed by atoms with Crippen LogP contribution in [0.15, 0.2) is 10.5 Å². The lowest BCUT2D eigenvalue weighted by atomic mass is 10.2. The molecular weight excluding hydrogens is 326 g/mol. The lowest BCUT2D eigenvalue weighted by Gasteiger charge is -2.34. The van der Waals surface area contributed by atoms with E-state index in [1.807, 2.05) is 0 Å². The van der Waals surface area contributed by atoms with E-state index in [4.69, 9.17) is 9.15 Å². The lowest BCUT2D eigenvalue weighted by molar-refractivity contribution is -0.132. The maximum absolute atomic E-state index is 12.2. The van der Waals surface area contributed by atoms with Crippen LogP contribution in [-0.4, -0.2) is 67.0 Å². The molecule has 0 unspecified atom stereocenters. The number of aryl methyl sites for hydroxylation is 2. The zero-order valence-corrected chi connectivity index (χ0v) is 15.0. The molecule has 3 amide bonds. The molecule has 8 heteroatoms. The molecule has 1 fully saturated rings. The van der Waals surface area contributed by atoms with E-state index >= 15 is 0 Å². The smallest absolute Gasteiger partial charge is 0.409 e. The third-order valence-corrected chi connectivity index (χ3v) is 4.07. The summed E-state index contributed by atoms with van der Waals surface area (Å²) in [6.07, 6.45) is -0.117. The molecule has 0 aromatic carbocycles. The van der Waals surface area contributed by atoms with Gasteiger partial charge in [0.05, 0.1) is 12.2 Å². The highest BCUT2D eigenvalue weighted by atomic mass is 16.6. The number of hydrogen-bond acceptors (Lipinski definition) is 5. The van der Waals surface area contributed by atoms with Crippen LogP contribution in [0, 0.1) is 13.8 Å². The Bertz CT molecular complexity index is 632. The van der Waals surface area contributed by atoms with Crippen LogP contribution in [0.1, 0.15) is 35.2 Å². The van der Waals surface area contributed by atoms with Crippen LogP contribution in [0.5, 0.6) is 0 Å². The van der Waals surface area contributed by atoms with E-state index in [1.165, 1.54) is 0 Å². The second kappa shape index (κ2) is 8.55. The molecule has 0 atom stereocenters. The topological polar surface area (TPSA) is 92.1 Å². The minimum Gasteiger partial charge on any atom is -0.466 e. The second-order valence-electron chi connectivity index (χ2n) is 5.90. The first-order chi connectivity index (χ1) is 11.9. The largest absolute Gasteiger partial charge is 0.466 e. The van der Waals surface area contributed by atoms with Crippen molar-refractivity contribution in [2.45, 2.75) is 27.2 Å². The number of nitrogens with one attached hydrogen (secondary N) is 1. The Balaban J connectivity index is 1.72. The standard InChI is InChI=1S/C17H25N3O5/c1-4-24-17(23)20-9-7-19(8-10-20)15(21)5-6-18-16(22)14-11-12(2)25-13(14)3/h11H,4-10H2,1-3H3,(H,18,22). The van der Waals surface area contributed by atoms with Gasteiger partial charge < -0.3 is 24.3 Å². The third-order valence-electron chi connectivity index (χ3n) is 4.07. The maximum atomic E-state index is 12.2. The second-order valence-corrected chi connectivity index (χ2v) is 5.90. The molecule has 25 heavy (non-hydrogen) atoms. The number of ether oxygens (including phenoxy) is 1. The van der Waals surface area contributed by atoms with Gasteiger partial charge in [-0.25, -0.2) is 4.79 Å². The molecule has 0 radical (unpaired) electrons. The van der Waals surface area contributed by atoms with Gasteiger partial charge in [0.15, 0.2) is 0 Å². The Kier molecular flexibility index (Phi) is 6.44. The van der Waals surface area contributed by atoms with Crippen LogP contribution in [0.25, 0.3) is 0 Å². The van der Waals surface area contributed by atoms with E-state index in [2.05, 4.69) is 5.32 Å². The fourth-order valence-corrected chi connectivity index (χ4v) is 2.75. The van der Waals surface area contributed by atoms with E-state index < -0.39 is 0 Å². The van der Waals surface area contributed by atoms with Crippen LogP contribution >= 0.6 is 0 Å². The monoisotopic (exact) mass is 351 g/mol. The predicted octanol–water partition coefficient (Wildman–Crippen LogP) is 1.32. The number of furan rings is 1. The quantitative estimate of drug-likeness (QED) is 0.864. The predicted molar refractivity (Wildman–Crippen MR) is 90.3 cm³/mol. The van der Waals surface area contributed by atoms with Gasteiger partial charge in [0.1, 0.15) is 11.5 Å². The fourth-order valence-electron chi connectivity index (χ4n) is 2.75. The van der Waals surface area contributed by atoms with Gasteiger partial charge in [-0.05, 0) is 26.8 Å². The minimum absolute atomic E-state index is 0.0381. The zero-order valence-electron chi connectivity index (χ0n) is 15.0. The average Bonchev–Trinajstić information content (AvgIpc) is 2.93. The maximum Gasteiger partial charge on any atom is 0.409 e. The van der Waals surface area contributed by atoms with Gasteiger partial charge in [-0.2, -0.15) is 0 Å². The Morgan fingerprint density at radius 1 is 1.16 bits per heavy atom. The van der Waals surface area contributed by atoms with Gasteiger partial charge in [0, 0.05) is 39.1 Å². The van der Waals surface area contributed by atoms with Crippen molar-refractivity contribution in [3.8, 4) is 0 Å². The summed E-state index contributed by atoms with van der Waals surface area (Å²) in [7, 11) is 0. The molecule has 1 N–H and O–H groups in total. The summed E-state index contributed by atoms with van der Waals surface area (Å²) >= 11 is 0. The zero-order chi connectivity index (χ0) is 18.4. The summed E-state index contributed by atoms with van der Waals surface area (Å²) in [6.45, 7) is 7.76. The first-order valence-electron chi connectivity index (χ1n) is 8.47. The summed E-state index contributed by atoms with van der Waals surface area (Å²) in [5, 5.41) is 2.74. The third kappa shape index (κ3) is 4.98. The molecular formula is C17H25N3O5. The molecule has 2 rings (SSSR count). The SMILES string of the molecule is CCOC(=O)N1CCN(C(=O)CCNC(=O)c2cc(C)oc2C)CC1. The number of carbonyl (C=O) groups excluding carboxylic acids is 3. The number of amides is 3. The summed E-state index contributed by atoms with van der Waals surface area (Å²) < 4.78 is 10.3. The van der Waals surface area contributed by atoms with Crippen LogP contribution in [0.3, 0.4) is 0 Å². The van der Waals surface area contributed by atoms with Gasteiger partial charge in [-0.1, -0.05) is 0 Å². The highest BCUT2D eigenvalue weighted by Gasteiger charge is 2.24. The molecule has 1 saturated heterocycles. The first-order valence-corrected chi connectivity index (χ1v) is 8.47. The van der Waals surface area contributed by atoms with Gasteiger partial charge in [-0.15, -0.1) is 0 Å². The van der Waals surface area contributed by atoms with Crippen molar-refractivity contribution in [3.63, 3.8) is 0 Å². The van der Waals surface area contributed by atoms with E-state index in [0.29, 0.717) is 49.9 Å². The number of carbonyl (C=O) groups is 3. The highest BCUT2D eigenvalue weighted by Crippen LogP contribution is 2.13. The fraction of sp³-hybridized carbons (Fsp3) is 0.588. The van der Waals surface area contributed by atoms with Crippen molar-refractivity contribution in [1.82, 2.24) is 15.1 Å². The van der Waals surface area contributed by atoms with E-state index in [1.54, 1.807) is 36.6 Å². The van der Waals surface area contributed by atoms with Crippen molar-refractivity contribution in [2.75, 3.05) is 39.3 Å². The van der Waals surface area contributed by atoms with Crippen molar-refractivity contribution in [3.05, 3.63) is 23.2 Å². The lowest BCUT2D eigenvalue weighted by Crippen LogP contribution is -2.51. The molecule has 2 heterocycles. The number of piperazine rings is 1. The van der Waals surface area contributed by atoms with Crippen molar-refractivity contribution >= 4 is 17.9 Å². The van der Waals surface area contributed by atoms with Crippen LogP contribution in [0.4, 0.5) is 4.79 Å². The number of nitrogens with zero attached hydrogens (tertiary/aromatic N) is 2. The Labute approximate surface area is 147 Å². The van der Waals surface area contributed by atoms with Crippen LogP contribution < -0.4 is 5.32 Å². The molecule has 0 saturated carbocycles. The Morgan fingerprint density at radius 3 is 2.36 bits per heavy atom. The average molecular weight is 351 g/mol. The van der Waals surface area contributed by atoms with Crippen molar-refractivity contribution < 1.29 is 23.5 Å². The molecule has 8 nitrogen and oxygen atoms in total.